The number of para-hydroxylation sites is 1. The van der Waals surface area contributed by atoms with E-state index in [1.807, 2.05) is 91.9 Å². The fourth-order valence-electron chi connectivity index (χ4n) is 3.12. The Bertz CT molecular complexity index is 1140. The van der Waals surface area contributed by atoms with Crippen LogP contribution in [0.25, 0.3) is 22.4 Å². The van der Waals surface area contributed by atoms with Gasteiger partial charge in [0.1, 0.15) is 0 Å². The van der Waals surface area contributed by atoms with Gasteiger partial charge in [-0.15, -0.1) is 0 Å². The number of amides is 1. The highest BCUT2D eigenvalue weighted by atomic mass is 32.2. The Morgan fingerprint density at radius 3 is 2.23 bits per heavy atom. The molecule has 0 aliphatic rings. The molecule has 1 unspecified atom stereocenters. The standard InChI is InChI=1S/C24H22N4OS/c1-17(30-24-27-22(16-28(24)25)19-12-6-3-7-13-19)23(29)26-21-15-9-8-14-20(21)18-10-4-2-5-11-18/h2-17H,25H2,1H3,(H,26,29). The van der Waals surface area contributed by atoms with Gasteiger partial charge < -0.3 is 11.2 Å². The average molecular weight is 415 g/mol. The van der Waals surface area contributed by atoms with Crippen LogP contribution >= 0.6 is 11.8 Å². The van der Waals surface area contributed by atoms with E-state index in [2.05, 4.69) is 10.3 Å². The highest BCUT2D eigenvalue weighted by Gasteiger charge is 2.19. The topological polar surface area (TPSA) is 72.9 Å². The van der Waals surface area contributed by atoms with Gasteiger partial charge in [-0.25, -0.2) is 9.66 Å². The van der Waals surface area contributed by atoms with Gasteiger partial charge in [-0.2, -0.15) is 0 Å². The summed E-state index contributed by atoms with van der Waals surface area (Å²) in [7, 11) is 0. The monoisotopic (exact) mass is 414 g/mol. The van der Waals surface area contributed by atoms with Crippen molar-refractivity contribution >= 4 is 23.4 Å². The zero-order chi connectivity index (χ0) is 20.9. The number of carbonyl (C=O) groups is 1. The molecular formula is C24H22N4OS. The maximum absolute atomic E-state index is 12.9. The van der Waals surface area contributed by atoms with E-state index < -0.39 is 0 Å². The Morgan fingerprint density at radius 1 is 0.933 bits per heavy atom. The summed E-state index contributed by atoms with van der Waals surface area (Å²) in [5.41, 5.74) is 4.58. The molecule has 0 radical (unpaired) electrons. The van der Waals surface area contributed by atoms with Crippen LogP contribution in [0.5, 0.6) is 0 Å². The zero-order valence-electron chi connectivity index (χ0n) is 16.5. The molecular weight excluding hydrogens is 392 g/mol. The Labute approximate surface area is 179 Å². The van der Waals surface area contributed by atoms with Crippen LogP contribution in [-0.4, -0.2) is 20.8 Å². The largest absolute Gasteiger partial charge is 0.337 e. The van der Waals surface area contributed by atoms with Crippen LogP contribution in [0.4, 0.5) is 5.69 Å². The van der Waals surface area contributed by atoms with Crippen LogP contribution in [0, 0.1) is 0 Å². The molecule has 1 amide bonds. The minimum atomic E-state index is -0.373. The van der Waals surface area contributed by atoms with Crippen molar-refractivity contribution < 1.29 is 4.79 Å². The van der Waals surface area contributed by atoms with Gasteiger partial charge >= 0.3 is 0 Å². The number of rotatable bonds is 6. The third-order valence-corrected chi connectivity index (χ3v) is 5.77. The lowest BCUT2D eigenvalue weighted by atomic mass is 10.0. The second kappa shape index (κ2) is 8.88. The predicted molar refractivity (Wildman–Crippen MR) is 124 cm³/mol. The fourth-order valence-corrected chi connectivity index (χ4v) is 3.93. The average Bonchev–Trinajstić information content (AvgIpc) is 3.15. The molecule has 0 aliphatic carbocycles. The molecule has 1 heterocycles. The summed E-state index contributed by atoms with van der Waals surface area (Å²) in [6.07, 6.45) is 1.77. The SMILES string of the molecule is CC(Sc1nc(-c2ccccc2)cn1N)C(=O)Nc1ccccc1-c1ccccc1. The highest BCUT2D eigenvalue weighted by molar-refractivity contribution is 8.00. The molecule has 30 heavy (non-hydrogen) atoms. The number of hydrogen-bond acceptors (Lipinski definition) is 4. The number of benzene rings is 3. The molecule has 0 spiro atoms. The maximum Gasteiger partial charge on any atom is 0.237 e. The van der Waals surface area contributed by atoms with Crippen LogP contribution in [0.15, 0.2) is 96.3 Å². The van der Waals surface area contributed by atoms with Crippen molar-refractivity contribution in [3.63, 3.8) is 0 Å². The number of nitrogens with one attached hydrogen (secondary N) is 1. The van der Waals surface area contributed by atoms with Crippen molar-refractivity contribution in [3.8, 4) is 22.4 Å². The first kappa shape index (κ1) is 19.8. The minimum Gasteiger partial charge on any atom is -0.337 e. The van der Waals surface area contributed by atoms with Gasteiger partial charge in [-0.05, 0) is 18.6 Å². The summed E-state index contributed by atoms with van der Waals surface area (Å²) in [5.74, 6) is 5.98. The summed E-state index contributed by atoms with van der Waals surface area (Å²) in [5, 5.41) is 3.27. The Balaban J connectivity index is 1.49. The van der Waals surface area contributed by atoms with E-state index in [4.69, 9.17) is 5.84 Å². The number of nitrogen functional groups attached to an aromatic ring is 1. The second-order valence-electron chi connectivity index (χ2n) is 6.84. The summed E-state index contributed by atoms with van der Waals surface area (Å²) in [6.45, 7) is 1.85. The van der Waals surface area contributed by atoms with E-state index in [-0.39, 0.29) is 11.2 Å². The molecule has 0 bridgehead atoms. The number of nitrogens with zero attached hydrogens (tertiary/aromatic N) is 2. The summed E-state index contributed by atoms with van der Waals surface area (Å²) < 4.78 is 1.47. The summed E-state index contributed by atoms with van der Waals surface area (Å²) >= 11 is 1.33. The molecule has 1 atom stereocenters. The number of nitrogens with two attached hydrogens (primary N) is 1. The van der Waals surface area contributed by atoms with Crippen LogP contribution in [0.2, 0.25) is 0 Å². The number of aromatic nitrogens is 2. The number of carbonyl (C=O) groups excluding carboxylic acids is 1. The molecule has 1 aromatic heterocycles. The first-order valence-electron chi connectivity index (χ1n) is 9.63. The third-order valence-electron chi connectivity index (χ3n) is 4.69. The van der Waals surface area contributed by atoms with Gasteiger partial charge in [-0.1, -0.05) is 90.6 Å². The minimum absolute atomic E-state index is 0.104. The normalized spacial score (nSPS) is 11.8. The van der Waals surface area contributed by atoms with Crippen LogP contribution in [0.3, 0.4) is 0 Å². The van der Waals surface area contributed by atoms with Gasteiger partial charge in [0.05, 0.1) is 17.1 Å². The lowest BCUT2D eigenvalue weighted by Crippen LogP contribution is -2.23. The molecule has 4 rings (SSSR count). The van der Waals surface area contributed by atoms with Gasteiger partial charge in [-0.3, -0.25) is 4.79 Å². The van der Waals surface area contributed by atoms with E-state index in [1.54, 1.807) is 6.20 Å². The van der Waals surface area contributed by atoms with E-state index in [0.29, 0.717) is 5.16 Å². The molecule has 3 N–H and O–H groups in total. The zero-order valence-corrected chi connectivity index (χ0v) is 17.3. The summed E-state index contributed by atoms with van der Waals surface area (Å²) in [6, 6.07) is 27.6. The van der Waals surface area contributed by atoms with E-state index >= 15 is 0 Å². The van der Waals surface area contributed by atoms with Crippen molar-refractivity contribution in [1.82, 2.24) is 9.66 Å². The van der Waals surface area contributed by atoms with Crippen LogP contribution in [0.1, 0.15) is 6.92 Å². The molecule has 0 aliphatic heterocycles. The van der Waals surface area contributed by atoms with Gasteiger partial charge in [0.25, 0.3) is 0 Å². The smallest absolute Gasteiger partial charge is 0.237 e. The second-order valence-corrected chi connectivity index (χ2v) is 8.15. The van der Waals surface area contributed by atoms with Crippen LogP contribution in [-0.2, 0) is 4.79 Å². The maximum atomic E-state index is 12.9. The first-order chi connectivity index (χ1) is 14.6. The third kappa shape index (κ3) is 4.39. The molecule has 150 valence electrons. The van der Waals surface area contributed by atoms with Gasteiger partial charge in [0.2, 0.25) is 5.91 Å². The van der Waals surface area contributed by atoms with Gasteiger partial charge in [0.15, 0.2) is 5.16 Å². The van der Waals surface area contributed by atoms with E-state index in [9.17, 15) is 4.79 Å². The van der Waals surface area contributed by atoms with Crippen molar-refractivity contribution in [3.05, 3.63) is 91.1 Å². The molecule has 0 saturated heterocycles. The molecule has 0 fully saturated rings. The molecule has 3 aromatic carbocycles. The fraction of sp³-hybridized carbons (Fsp3) is 0.0833. The molecule has 6 heteroatoms. The molecule has 4 aromatic rings. The quantitative estimate of drug-likeness (QED) is 0.342. The van der Waals surface area contributed by atoms with Crippen molar-refractivity contribution in [1.29, 1.82) is 0 Å². The van der Waals surface area contributed by atoms with Crippen LogP contribution < -0.4 is 11.2 Å². The van der Waals surface area contributed by atoms with Crippen molar-refractivity contribution in [2.24, 2.45) is 0 Å². The number of anilines is 1. The first-order valence-corrected chi connectivity index (χ1v) is 10.5. The van der Waals surface area contributed by atoms with Gasteiger partial charge in [0, 0.05) is 16.8 Å². The predicted octanol–water partition coefficient (Wildman–Crippen LogP) is 5.05. The van der Waals surface area contributed by atoms with Crippen molar-refractivity contribution in [2.45, 2.75) is 17.3 Å². The lowest BCUT2D eigenvalue weighted by Gasteiger charge is -2.14. The Hall–Kier alpha value is -3.51. The molecule has 5 nitrogen and oxygen atoms in total. The lowest BCUT2D eigenvalue weighted by molar-refractivity contribution is -0.115. The van der Waals surface area contributed by atoms with E-state index in [0.717, 1.165) is 28.1 Å². The number of imidazole rings is 1. The Kier molecular flexibility index (Phi) is 5.86. The Morgan fingerprint density at radius 2 is 1.53 bits per heavy atom. The van der Waals surface area contributed by atoms with E-state index in [1.165, 1.54) is 16.4 Å². The van der Waals surface area contributed by atoms with Crippen molar-refractivity contribution in [2.75, 3.05) is 11.2 Å². The number of thioether (sulfide) groups is 1. The highest BCUT2D eigenvalue weighted by Crippen LogP contribution is 2.30. The molecule has 0 saturated carbocycles. The summed E-state index contributed by atoms with van der Waals surface area (Å²) in [4.78, 5) is 17.5. The number of hydrogen-bond donors (Lipinski definition) is 2.